The van der Waals surface area contributed by atoms with E-state index in [0.717, 1.165) is 31.4 Å². The Balaban J connectivity index is 1.59. The highest BCUT2D eigenvalue weighted by atomic mass is 16.4. The second-order valence-corrected chi connectivity index (χ2v) is 6.91. The molecule has 0 unspecified atom stereocenters. The monoisotopic (exact) mass is 327 g/mol. The smallest absolute Gasteiger partial charge is 0.253 e. The van der Waals surface area contributed by atoms with Crippen molar-refractivity contribution in [1.29, 1.82) is 0 Å². The van der Waals surface area contributed by atoms with Crippen molar-refractivity contribution < 1.29 is 14.3 Å². The number of benzene rings is 1. The minimum Gasteiger partial charge on any atom is -0.425 e. The van der Waals surface area contributed by atoms with Crippen LogP contribution in [0.4, 0.5) is 0 Å². The predicted molar refractivity (Wildman–Crippen MR) is 86.3 cm³/mol. The van der Waals surface area contributed by atoms with Crippen molar-refractivity contribution >= 4 is 5.91 Å². The first-order chi connectivity index (χ1) is 11.6. The summed E-state index contributed by atoms with van der Waals surface area (Å²) < 4.78 is 5.75. The number of aliphatic hydroxyl groups is 1. The van der Waals surface area contributed by atoms with E-state index in [-0.39, 0.29) is 17.9 Å². The summed E-state index contributed by atoms with van der Waals surface area (Å²) in [5.41, 5.74) is 1.29. The van der Waals surface area contributed by atoms with Crippen LogP contribution in [0.1, 0.15) is 47.0 Å². The molecule has 2 atom stereocenters. The quantitative estimate of drug-likeness (QED) is 0.933. The van der Waals surface area contributed by atoms with Crippen LogP contribution >= 0.6 is 0 Å². The Bertz CT molecular complexity index is 755. The summed E-state index contributed by atoms with van der Waals surface area (Å²) in [7, 11) is 0. The molecule has 1 aliphatic carbocycles. The van der Waals surface area contributed by atoms with Gasteiger partial charge >= 0.3 is 0 Å². The summed E-state index contributed by atoms with van der Waals surface area (Å²) in [4.78, 5) is 14.8. The third-order valence-electron chi connectivity index (χ3n) is 5.49. The lowest BCUT2D eigenvalue weighted by Gasteiger charge is -2.24. The summed E-state index contributed by atoms with van der Waals surface area (Å²) in [6.07, 6.45) is 3.22. The highest BCUT2D eigenvalue weighted by Gasteiger charge is 2.55. The molecule has 0 bridgehead atoms. The van der Waals surface area contributed by atoms with Crippen LogP contribution in [0.2, 0.25) is 0 Å². The van der Waals surface area contributed by atoms with Crippen LogP contribution in [-0.4, -0.2) is 39.2 Å². The Hall–Kier alpha value is -2.21. The van der Waals surface area contributed by atoms with Gasteiger partial charge in [0.1, 0.15) is 0 Å². The summed E-state index contributed by atoms with van der Waals surface area (Å²) in [5.74, 6) is 1.69. The summed E-state index contributed by atoms with van der Waals surface area (Å²) in [6, 6.07) is 7.15. The van der Waals surface area contributed by atoms with Gasteiger partial charge in [-0.05, 0) is 36.5 Å². The normalized spacial score (nSPS) is 25.9. The van der Waals surface area contributed by atoms with Crippen molar-refractivity contribution in [2.75, 3.05) is 13.1 Å². The molecule has 6 heteroatoms. The first-order valence-corrected chi connectivity index (χ1v) is 8.42. The average Bonchev–Trinajstić information content (AvgIpc) is 3.28. The van der Waals surface area contributed by atoms with Gasteiger partial charge in [0, 0.05) is 25.6 Å². The molecule has 2 fully saturated rings. The zero-order valence-corrected chi connectivity index (χ0v) is 13.7. The van der Waals surface area contributed by atoms with Crippen molar-refractivity contribution in [3.05, 3.63) is 47.2 Å². The van der Waals surface area contributed by atoms with E-state index >= 15 is 0 Å². The molecule has 1 aromatic carbocycles. The molecule has 1 amide bonds. The number of hydrogen-bond donors (Lipinski definition) is 1. The lowest BCUT2D eigenvalue weighted by molar-refractivity contribution is 0.0775. The van der Waals surface area contributed by atoms with E-state index in [1.54, 1.807) is 31.2 Å². The molecule has 0 radical (unpaired) electrons. The summed E-state index contributed by atoms with van der Waals surface area (Å²) in [5, 5.41) is 17.4. The molecule has 1 aromatic heterocycles. The maximum absolute atomic E-state index is 12.9. The van der Waals surface area contributed by atoms with Gasteiger partial charge < -0.3 is 14.4 Å². The van der Waals surface area contributed by atoms with E-state index in [9.17, 15) is 4.79 Å². The van der Waals surface area contributed by atoms with Gasteiger partial charge in [0.2, 0.25) is 11.8 Å². The summed E-state index contributed by atoms with van der Waals surface area (Å²) >= 11 is 0. The SMILES string of the molecule is Cc1nnc([C@]23CCC[C@H]2CN(C(=O)c2ccc(CO)cc2)C3)o1. The number of rotatable bonds is 3. The van der Waals surface area contributed by atoms with Gasteiger partial charge in [-0.2, -0.15) is 0 Å². The molecule has 2 aromatic rings. The van der Waals surface area contributed by atoms with E-state index in [2.05, 4.69) is 10.2 Å². The van der Waals surface area contributed by atoms with Crippen LogP contribution in [0.25, 0.3) is 0 Å². The fourth-order valence-corrected chi connectivity index (χ4v) is 4.23. The maximum atomic E-state index is 12.9. The molecule has 24 heavy (non-hydrogen) atoms. The highest BCUT2D eigenvalue weighted by molar-refractivity contribution is 5.94. The second kappa shape index (κ2) is 5.70. The number of fused-ring (bicyclic) bond motifs is 1. The number of nitrogens with zero attached hydrogens (tertiary/aromatic N) is 3. The topological polar surface area (TPSA) is 79.5 Å². The Morgan fingerprint density at radius 3 is 2.83 bits per heavy atom. The number of aliphatic hydroxyl groups excluding tert-OH is 1. The van der Waals surface area contributed by atoms with Gasteiger partial charge in [-0.3, -0.25) is 4.79 Å². The highest BCUT2D eigenvalue weighted by Crippen LogP contribution is 2.50. The van der Waals surface area contributed by atoms with Crippen molar-refractivity contribution in [2.24, 2.45) is 5.92 Å². The van der Waals surface area contributed by atoms with Crippen LogP contribution in [0.3, 0.4) is 0 Å². The van der Waals surface area contributed by atoms with Crippen LogP contribution in [0, 0.1) is 12.8 Å². The van der Waals surface area contributed by atoms with Gasteiger partial charge in [-0.25, -0.2) is 0 Å². The van der Waals surface area contributed by atoms with E-state index in [1.165, 1.54) is 0 Å². The number of likely N-dealkylation sites (tertiary alicyclic amines) is 1. The minimum atomic E-state index is -0.179. The third kappa shape index (κ3) is 2.33. The lowest BCUT2D eigenvalue weighted by Crippen LogP contribution is -2.34. The Kier molecular flexibility index (Phi) is 3.64. The standard InChI is InChI=1S/C18H21N3O3/c1-12-19-20-17(24-12)18-8-2-3-15(18)9-21(11-18)16(23)14-6-4-13(10-22)5-7-14/h4-7,15,22H,2-3,8-11H2,1H3/t15-,18-/m0/s1. The molecular formula is C18H21N3O3. The zero-order valence-electron chi connectivity index (χ0n) is 13.7. The molecule has 1 saturated heterocycles. The van der Waals surface area contributed by atoms with E-state index in [1.807, 2.05) is 4.90 Å². The number of aromatic nitrogens is 2. The molecule has 1 N–H and O–H groups in total. The molecular weight excluding hydrogens is 306 g/mol. The number of carbonyl (C=O) groups excluding carboxylic acids is 1. The average molecular weight is 327 g/mol. The van der Waals surface area contributed by atoms with Crippen molar-refractivity contribution in [1.82, 2.24) is 15.1 Å². The maximum Gasteiger partial charge on any atom is 0.253 e. The first kappa shape index (κ1) is 15.3. The van der Waals surface area contributed by atoms with E-state index < -0.39 is 0 Å². The van der Waals surface area contributed by atoms with Crippen LogP contribution in [0.15, 0.2) is 28.7 Å². The molecule has 126 valence electrons. The van der Waals surface area contributed by atoms with Gasteiger partial charge in [0.25, 0.3) is 5.91 Å². The van der Waals surface area contributed by atoms with Crippen LogP contribution < -0.4 is 0 Å². The number of hydrogen-bond acceptors (Lipinski definition) is 5. The minimum absolute atomic E-state index is 0.0140. The van der Waals surface area contributed by atoms with Crippen LogP contribution in [0.5, 0.6) is 0 Å². The Morgan fingerprint density at radius 1 is 1.38 bits per heavy atom. The molecule has 1 aliphatic heterocycles. The van der Waals surface area contributed by atoms with Crippen molar-refractivity contribution in [3.63, 3.8) is 0 Å². The third-order valence-corrected chi connectivity index (χ3v) is 5.49. The van der Waals surface area contributed by atoms with Gasteiger partial charge in [-0.15, -0.1) is 10.2 Å². The number of carbonyl (C=O) groups is 1. The van der Waals surface area contributed by atoms with Gasteiger partial charge in [0.05, 0.1) is 12.0 Å². The number of aryl methyl sites for hydroxylation is 1. The van der Waals surface area contributed by atoms with E-state index in [0.29, 0.717) is 29.8 Å². The van der Waals surface area contributed by atoms with Gasteiger partial charge in [0.15, 0.2) is 0 Å². The molecule has 2 aliphatic rings. The van der Waals surface area contributed by atoms with Crippen LogP contribution in [-0.2, 0) is 12.0 Å². The first-order valence-electron chi connectivity index (χ1n) is 8.42. The Labute approximate surface area is 140 Å². The fourth-order valence-electron chi connectivity index (χ4n) is 4.23. The molecule has 4 rings (SSSR count). The van der Waals surface area contributed by atoms with E-state index in [4.69, 9.17) is 9.52 Å². The fraction of sp³-hybridized carbons (Fsp3) is 0.500. The Morgan fingerprint density at radius 2 is 2.17 bits per heavy atom. The van der Waals surface area contributed by atoms with Gasteiger partial charge in [-0.1, -0.05) is 18.6 Å². The second-order valence-electron chi connectivity index (χ2n) is 6.91. The summed E-state index contributed by atoms with van der Waals surface area (Å²) in [6.45, 7) is 3.17. The molecule has 6 nitrogen and oxygen atoms in total. The van der Waals surface area contributed by atoms with Crippen molar-refractivity contribution in [3.8, 4) is 0 Å². The number of amides is 1. The molecule has 1 saturated carbocycles. The zero-order chi connectivity index (χ0) is 16.7. The predicted octanol–water partition coefficient (Wildman–Crippen LogP) is 2.06. The lowest BCUT2D eigenvalue weighted by atomic mass is 9.80. The van der Waals surface area contributed by atoms with Crippen molar-refractivity contribution in [2.45, 2.75) is 38.2 Å². The molecule has 0 spiro atoms. The largest absolute Gasteiger partial charge is 0.425 e. The molecule has 2 heterocycles.